The Morgan fingerprint density at radius 2 is 1.44 bits per heavy atom. The molecular formula is C21H15FN2O. The van der Waals surface area contributed by atoms with Crippen molar-refractivity contribution < 1.29 is 9.18 Å². The Morgan fingerprint density at radius 1 is 0.880 bits per heavy atom. The number of hydrogen-bond acceptors (Lipinski definition) is 2. The molecule has 122 valence electrons. The first-order valence-corrected chi connectivity index (χ1v) is 8.01. The van der Waals surface area contributed by atoms with Crippen LogP contribution in [0.5, 0.6) is 0 Å². The maximum absolute atomic E-state index is 12.9. The maximum atomic E-state index is 12.9. The summed E-state index contributed by atoms with van der Waals surface area (Å²) < 4.78 is 12.9. The van der Waals surface area contributed by atoms with Crippen molar-refractivity contribution in [3.63, 3.8) is 0 Å². The van der Waals surface area contributed by atoms with Crippen molar-refractivity contribution >= 4 is 12.1 Å². The molecule has 0 aromatic heterocycles. The van der Waals surface area contributed by atoms with Crippen LogP contribution in [0.15, 0.2) is 77.9 Å². The maximum Gasteiger partial charge on any atom is 0.252 e. The lowest BCUT2D eigenvalue weighted by Crippen LogP contribution is -2.25. The van der Waals surface area contributed by atoms with Crippen LogP contribution in [0, 0.1) is 5.82 Å². The molecule has 0 spiro atoms. The van der Waals surface area contributed by atoms with Crippen LogP contribution in [0.2, 0.25) is 0 Å². The molecule has 4 rings (SSSR count). The summed E-state index contributed by atoms with van der Waals surface area (Å²) >= 11 is 0. The second-order valence-corrected chi connectivity index (χ2v) is 5.89. The third kappa shape index (κ3) is 2.83. The van der Waals surface area contributed by atoms with Gasteiger partial charge in [-0.25, -0.2) is 9.82 Å². The van der Waals surface area contributed by atoms with Crippen LogP contribution >= 0.6 is 0 Å². The molecule has 0 saturated heterocycles. The molecule has 0 saturated carbocycles. The van der Waals surface area contributed by atoms with Crippen LogP contribution in [-0.2, 0) is 4.79 Å². The highest BCUT2D eigenvalue weighted by atomic mass is 19.1. The molecule has 1 aliphatic rings. The summed E-state index contributed by atoms with van der Waals surface area (Å²) in [5, 5.41) is 4.01. The fourth-order valence-corrected chi connectivity index (χ4v) is 3.22. The molecule has 3 aromatic rings. The number of nitrogens with zero attached hydrogens (tertiary/aromatic N) is 1. The highest BCUT2D eigenvalue weighted by molar-refractivity contribution is 5.96. The number of hydrazone groups is 1. The molecule has 3 nitrogen and oxygen atoms in total. The highest BCUT2D eigenvalue weighted by Gasteiger charge is 2.33. The van der Waals surface area contributed by atoms with Crippen LogP contribution in [0.3, 0.4) is 0 Å². The Hall–Kier alpha value is -3.27. The Kier molecular flexibility index (Phi) is 3.86. The Labute approximate surface area is 144 Å². The molecule has 25 heavy (non-hydrogen) atoms. The van der Waals surface area contributed by atoms with Gasteiger partial charge in [-0.3, -0.25) is 4.79 Å². The number of carbonyl (C=O) groups excluding carboxylic acids is 1. The number of halogens is 1. The third-order valence-electron chi connectivity index (χ3n) is 4.35. The molecule has 1 amide bonds. The molecule has 1 aliphatic carbocycles. The van der Waals surface area contributed by atoms with Gasteiger partial charge in [-0.05, 0) is 39.9 Å². The SMILES string of the molecule is O=C(NN=Cc1ccc(F)cc1)C1c2ccccc2-c2ccccc21. The molecule has 0 atom stereocenters. The monoisotopic (exact) mass is 330 g/mol. The number of carbonyl (C=O) groups is 1. The normalized spacial score (nSPS) is 12.8. The summed E-state index contributed by atoms with van der Waals surface area (Å²) in [6.07, 6.45) is 1.50. The molecule has 0 radical (unpaired) electrons. The fraction of sp³-hybridized carbons (Fsp3) is 0.0476. The number of hydrogen-bond donors (Lipinski definition) is 1. The van der Waals surface area contributed by atoms with E-state index >= 15 is 0 Å². The molecule has 0 aliphatic heterocycles. The predicted octanol–water partition coefficient (Wildman–Crippen LogP) is 4.09. The number of amides is 1. The minimum atomic E-state index is -0.377. The van der Waals surface area contributed by atoms with Gasteiger partial charge in [-0.2, -0.15) is 5.10 Å². The van der Waals surface area contributed by atoms with Crippen LogP contribution in [0.1, 0.15) is 22.6 Å². The topological polar surface area (TPSA) is 41.5 Å². The first kappa shape index (κ1) is 15.3. The van der Waals surface area contributed by atoms with Gasteiger partial charge in [0.05, 0.1) is 12.1 Å². The van der Waals surface area contributed by atoms with E-state index in [0.29, 0.717) is 5.56 Å². The van der Waals surface area contributed by atoms with Crippen molar-refractivity contribution in [2.45, 2.75) is 5.92 Å². The minimum Gasteiger partial charge on any atom is -0.272 e. The summed E-state index contributed by atoms with van der Waals surface area (Å²) in [5.41, 5.74) is 7.46. The lowest BCUT2D eigenvalue weighted by atomic mass is 9.96. The summed E-state index contributed by atoms with van der Waals surface area (Å²) in [5.74, 6) is -0.867. The van der Waals surface area contributed by atoms with E-state index in [2.05, 4.69) is 10.5 Å². The number of rotatable bonds is 3. The lowest BCUT2D eigenvalue weighted by Gasteiger charge is -2.11. The van der Waals surface area contributed by atoms with Gasteiger partial charge in [0.2, 0.25) is 0 Å². The minimum absolute atomic E-state index is 0.184. The van der Waals surface area contributed by atoms with Crippen molar-refractivity contribution in [2.24, 2.45) is 5.10 Å². The summed E-state index contributed by atoms with van der Waals surface area (Å²) in [4.78, 5) is 12.7. The van der Waals surface area contributed by atoms with Gasteiger partial charge in [0.15, 0.2) is 0 Å². The van der Waals surface area contributed by atoms with Crippen LogP contribution in [0.4, 0.5) is 4.39 Å². The smallest absolute Gasteiger partial charge is 0.252 e. The van der Waals surface area contributed by atoms with Gasteiger partial charge in [-0.15, -0.1) is 0 Å². The fourth-order valence-electron chi connectivity index (χ4n) is 3.22. The molecule has 4 heteroatoms. The summed E-state index contributed by atoms with van der Waals surface area (Å²) in [6, 6.07) is 21.7. The predicted molar refractivity (Wildman–Crippen MR) is 95.9 cm³/mol. The van der Waals surface area contributed by atoms with Gasteiger partial charge < -0.3 is 0 Å². The first-order chi connectivity index (χ1) is 12.2. The van der Waals surface area contributed by atoms with Crippen molar-refractivity contribution in [1.82, 2.24) is 5.43 Å². The second-order valence-electron chi connectivity index (χ2n) is 5.89. The zero-order valence-electron chi connectivity index (χ0n) is 13.3. The molecular weight excluding hydrogens is 315 g/mol. The Bertz CT molecular complexity index is 918. The van der Waals surface area contributed by atoms with Gasteiger partial charge in [-0.1, -0.05) is 60.7 Å². The van der Waals surface area contributed by atoms with E-state index in [4.69, 9.17) is 0 Å². The average molecular weight is 330 g/mol. The van der Waals surface area contributed by atoms with E-state index < -0.39 is 0 Å². The quantitative estimate of drug-likeness (QED) is 0.570. The van der Waals surface area contributed by atoms with Crippen molar-refractivity contribution in [1.29, 1.82) is 0 Å². The van der Waals surface area contributed by atoms with Gasteiger partial charge in [0, 0.05) is 0 Å². The molecule has 0 unspecified atom stereocenters. The average Bonchev–Trinajstić information content (AvgIpc) is 2.98. The van der Waals surface area contributed by atoms with E-state index in [1.807, 2.05) is 48.5 Å². The molecule has 3 aromatic carbocycles. The summed E-state index contributed by atoms with van der Waals surface area (Å²) in [7, 11) is 0. The number of fused-ring (bicyclic) bond motifs is 3. The van der Waals surface area contributed by atoms with E-state index in [0.717, 1.165) is 22.3 Å². The van der Waals surface area contributed by atoms with E-state index in [-0.39, 0.29) is 17.6 Å². The van der Waals surface area contributed by atoms with Crippen molar-refractivity contribution in [3.8, 4) is 11.1 Å². The third-order valence-corrected chi connectivity index (χ3v) is 4.35. The van der Waals surface area contributed by atoms with Crippen molar-refractivity contribution in [3.05, 3.63) is 95.3 Å². The molecule has 0 heterocycles. The summed E-state index contributed by atoms with van der Waals surface area (Å²) in [6.45, 7) is 0. The Balaban J connectivity index is 1.59. The largest absolute Gasteiger partial charge is 0.272 e. The highest BCUT2D eigenvalue weighted by Crippen LogP contribution is 2.44. The second kappa shape index (κ2) is 6.32. The Morgan fingerprint density at radius 3 is 2.04 bits per heavy atom. The molecule has 1 N–H and O–H groups in total. The molecule has 0 fully saturated rings. The van der Waals surface area contributed by atoms with Gasteiger partial charge in [0.1, 0.15) is 5.82 Å². The zero-order chi connectivity index (χ0) is 17.2. The standard InChI is InChI=1S/C21H15FN2O/c22-15-11-9-14(10-12-15)13-23-24-21(25)20-18-7-3-1-5-16(18)17-6-2-4-8-19(17)20/h1-13,20H,(H,24,25). The lowest BCUT2D eigenvalue weighted by molar-refractivity contribution is -0.121. The van der Waals surface area contributed by atoms with Crippen LogP contribution in [0.25, 0.3) is 11.1 Å². The first-order valence-electron chi connectivity index (χ1n) is 8.01. The van der Waals surface area contributed by atoms with Crippen LogP contribution in [-0.4, -0.2) is 12.1 Å². The van der Waals surface area contributed by atoms with E-state index in [1.54, 1.807) is 12.1 Å². The van der Waals surface area contributed by atoms with Gasteiger partial charge >= 0.3 is 0 Å². The molecule has 0 bridgehead atoms. The zero-order valence-corrected chi connectivity index (χ0v) is 13.3. The number of nitrogens with one attached hydrogen (secondary N) is 1. The van der Waals surface area contributed by atoms with Crippen molar-refractivity contribution in [2.75, 3.05) is 0 Å². The van der Waals surface area contributed by atoms with Gasteiger partial charge in [0.25, 0.3) is 5.91 Å². The van der Waals surface area contributed by atoms with E-state index in [9.17, 15) is 9.18 Å². The van der Waals surface area contributed by atoms with Crippen LogP contribution < -0.4 is 5.43 Å². The number of benzene rings is 3. The van der Waals surface area contributed by atoms with E-state index in [1.165, 1.54) is 18.3 Å².